The zero-order chi connectivity index (χ0) is 18.2. The molecule has 0 bridgehead atoms. The van der Waals surface area contributed by atoms with Gasteiger partial charge in [-0.15, -0.1) is 12.3 Å². The topological polar surface area (TPSA) is 59.2 Å². The van der Waals surface area contributed by atoms with Gasteiger partial charge in [-0.05, 0) is 38.0 Å². The lowest BCUT2D eigenvalue weighted by Gasteiger charge is -2.32. The van der Waals surface area contributed by atoms with Crippen LogP contribution in [0.25, 0.3) is 0 Å². The first-order chi connectivity index (χ1) is 12.8. The highest BCUT2D eigenvalue weighted by molar-refractivity contribution is 5.76. The summed E-state index contributed by atoms with van der Waals surface area (Å²) in [6.45, 7) is 1.67. The van der Waals surface area contributed by atoms with Crippen LogP contribution in [0.15, 0.2) is 4.52 Å². The van der Waals surface area contributed by atoms with Crippen molar-refractivity contribution in [1.82, 2.24) is 15.0 Å². The highest BCUT2D eigenvalue weighted by Gasteiger charge is 2.26. The Morgan fingerprint density at radius 3 is 2.77 bits per heavy atom. The second-order valence-corrected chi connectivity index (χ2v) is 7.84. The zero-order valence-electron chi connectivity index (χ0n) is 15.8. The number of nitrogens with zero attached hydrogens (tertiary/aromatic N) is 3. The molecule has 2 fully saturated rings. The van der Waals surface area contributed by atoms with E-state index >= 15 is 0 Å². The van der Waals surface area contributed by atoms with Gasteiger partial charge in [0.25, 0.3) is 0 Å². The van der Waals surface area contributed by atoms with Crippen LogP contribution >= 0.6 is 0 Å². The van der Waals surface area contributed by atoms with Crippen LogP contribution in [-0.4, -0.2) is 34.0 Å². The number of piperidine rings is 1. The Hall–Kier alpha value is -1.83. The van der Waals surface area contributed by atoms with Gasteiger partial charge in [-0.3, -0.25) is 4.79 Å². The fourth-order valence-electron chi connectivity index (χ4n) is 4.26. The average molecular weight is 357 g/mol. The van der Waals surface area contributed by atoms with Gasteiger partial charge in [0.05, 0.1) is 0 Å². The molecular formula is C21H31N3O2. The third-order valence-electron chi connectivity index (χ3n) is 5.75. The molecule has 1 amide bonds. The van der Waals surface area contributed by atoms with Crippen LogP contribution in [0, 0.1) is 18.3 Å². The van der Waals surface area contributed by atoms with Gasteiger partial charge in [-0.25, -0.2) is 0 Å². The second-order valence-electron chi connectivity index (χ2n) is 7.84. The molecule has 0 radical (unpaired) electrons. The summed E-state index contributed by atoms with van der Waals surface area (Å²) in [4.78, 5) is 19.0. The largest absolute Gasteiger partial charge is 0.342 e. The lowest BCUT2D eigenvalue weighted by molar-refractivity contribution is -0.133. The smallest absolute Gasteiger partial charge is 0.226 e. The summed E-state index contributed by atoms with van der Waals surface area (Å²) >= 11 is 0. The van der Waals surface area contributed by atoms with Crippen molar-refractivity contribution in [2.45, 2.75) is 83.0 Å². The maximum absolute atomic E-state index is 12.3. The average Bonchev–Trinajstić information content (AvgIpc) is 2.94. The van der Waals surface area contributed by atoms with Crippen molar-refractivity contribution in [1.29, 1.82) is 0 Å². The van der Waals surface area contributed by atoms with Crippen molar-refractivity contribution in [3.05, 3.63) is 11.7 Å². The van der Waals surface area contributed by atoms with E-state index in [0.29, 0.717) is 24.7 Å². The van der Waals surface area contributed by atoms with Crippen LogP contribution in [0.3, 0.4) is 0 Å². The van der Waals surface area contributed by atoms with E-state index in [0.717, 1.165) is 50.5 Å². The van der Waals surface area contributed by atoms with Crippen LogP contribution in [-0.2, 0) is 11.2 Å². The summed E-state index contributed by atoms with van der Waals surface area (Å²) in [6, 6.07) is 0. The van der Waals surface area contributed by atoms with Gasteiger partial charge in [0.15, 0.2) is 5.82 Å². The number of hydrogen-bond donors (Lipinski definition) is 0. The minimum Gasteiger partial charge on any atom is -0.342 e. The van der Waals surface area contributed by atoms with E-state index in [1.165, 1.54) is 38.5 Å². The second kappa shape index (κ2) is 9.75. The van der Waals surface area contributed by atoms with E-state index in [4.69, 9.17) is 15.9 Å². The van der Waals surface area contributed by atoms with Gasteiger partial charge < -0.3 is 9.42 Å². The Labute approximate surface area is 156 Å². The highest BCUT2D eigenvalue weighted by atomic mass is 16.5. The van der Waals surface area contributed by atoms with E-state index in [1.54, 1.807) is 0 Å². The Morgan fingerprint density at radius 1 is 1.19 bits per heavy atom. The summed E-state index contributed by atoms with van der Waals surface area (Å²) in [5.41, 5.74) is 0. The van der Waals surface area contributed by atoms with Crippen molar-refractivity contribution in [2.24, 2.45) is 5.92 Å². The molecule has 3 rings (SSSR count). The van der Waals surface area contributed by atoms with Crippen molar-refractivity contribution >= 4 is 5.91 Å². The number of amides is 1. The molecule has 0 spiro atoms. The van der Waals surface area contributed by atoms with Gasteiger partial charge in [0.1, 0.15) is 0 Å². The Balaban J connectivity index is 1.50. The van der Waals surface area contributed by atoms with Crippen molar-refractivity contribution in [3.63, 3.8) is 0 Å². The first-order valence-electron chi connectivity index (χ1n) is 10.3. The predicted molar refractivity (Wildman–Crippen MR) is 100 cm³/mol. The fourth-order valence-corrected chi connectivity index (χ4v) is 4.26. The maximum Gasteiger partial charge on any atom is 0.226 e. The molecule has 2 heterocycles. The SMILES string of the molecule is C#CCCCC(=O)N1CCCC(Cc2nc(C3CCCCCC3)no2)C1. The van der Waals surface area contributed by atoms with Gasteiger partial charge in [-0.1, -0.05) is 30.8 Å². The highest BCUT2D eigenvalue weighted by Crippen LogP contribution is 2.30. The molecule has 1 aromatic heterocycles. The van der Waals surface area contributed by atoms with Crippen LogP contribution in [0.1, 0.15) is 88.3 Å². The van der Waals surface area contributed by atoms with E-state index in [2.05, 4.69) is 11.1 Å². The fraction of sp³-hybridized carbons (Fsp3) is 0.762. The monoisotopic (exact) mass is 357 g/mol. The Bertz CT molecular complexity index is 611. The van der Waals surface area contributed by atoms with Gasteiger partial charge in [0.2, 0.25) is 11.8 Å². The van der Waals surface area contributed by atoms with Gasteiger partial charge in [-0.2, -0.15) is 4.98 Å². The first kappa shape index (κ1) is 18.9. The molecule has 1 aliphatic heterocycles. The number of unbranched alkanes of at least 4 members (excludes halogenated alkanes) is 1. The molecule has 2 aliphatic rings. The molecule has 1 atom stereocenters. The quantitative estimate of drug-likeness (QED) is 0.437. The molecule has 5 heteroatoms. The number of carbonyl (C=O) groups excluding carboxylic acids is 1. The van der Waals surface area contributed by atoms with Crippen molar-refractivity contribution in [2.75, 3.05) is 13.1 Å². The van der Waals surface area contributed by atoms with Crippen LogP contribution < -0.4 is 0 Å². The van der Waals surface area contributed by atoms with E-state index in [9.17, 15) is 4.79 Å². The molecule has 0 aromatic carbocycles. The third-order valence-corrected chi connectivity index (χ3v) is 5.75. The zero-order valence-corrected chi connectivity index (χ0v) is 15.8. The lowest BCUT2D eigenvalue weighted by atomic mass is 9.94. The first-order valence-corrected chi connectivity index (χ1v) is 10.3. The van der Waals surface area contributed by atoms with Crippen LogP contribution in [0.5, 0.6) is 0 Å². The maximum atomic E-state index is 12.3. The molecule has 1 saturated carbocycles. The molecular weight excluding hydrogens is 326 g/mol. The lowest BCUT2D eigenvalue weighted by Crippen LogP contribution is -2.40. The summed E-state index contributed by atoms with van der Waals surface area (Å²) < 4.78 is 5.55. The molecule has 1 unspecified atom stereocenters. The molecule has 1 saturated heterocycles. The van der Waals surface area contributed by atoms with Gasteiger partial charge >= 0.3 is 0 Å². The Morgan fingerprint density at radius 2 is 2.00 bits per heavy atom. The van der Waals surface area contributed by atoms with Crippen molar-refractivity contribution < 1.29 is 9.32 Å². The number of hydrogen-bond acceptors (Lipinski definition) is 4. The van der Waals surface area contributed by atoms with Crippen molar-refractivity contribution in [3.8, 4) is 12.3 Å². The van der Waals surface area contributed by atoms with Crippen LogP contribution in [0.4, 0.5) is 0 Å². The molecule has 5 nitrogen and oxygen atoms in total. The summed E-state index contributed by atoms with van der Waals surface area (Å²) in [6.07, 6.45) is 17.8. The van der Waals surface area contributed by atoms with E-state index in [1.807, 2.05) is 4.90 Å². The molecule has 1 aromatic rings. The minimum atomic E-state index is 0.231. The number of aromatic nitrogens is 2. The Kier molecular flexibility index (Phi) is 7.11. The summed E-state index contributed by atoms with van der Waals surface area (Å²) in [7, 11) is 0. The molecule has 1 aliphatic carbocycles. The number of rotatable bonds is 6. The summed E-state index contributed by atoms with van der Waals surface area (Å²) in [5.74, 6) is 5.37. The third kappa shape index (κ3) is 5.33. The minimum absolute atomic E-state index is 0.231. The summed E-state index contributed by atoms with van der Waals surface area (Å²) in [5, 5.41) is 4.27. The number of likely N-dealkylation sites (tertiary alicyclic amines) is 1. The number of terminal acetylenes is 1. The normalized spacial score (nSPS) is 22.0. The predicted octanol–water partition coefficient (Wildman–Crippen LogP) is 4.09. The molecule has 0 N–H and O–H groups in total. The van der Waals surface area contributed by atoms with Crippen LogP contribution in [0.2, 0.25) is 0 Å². The van der Waals surface area contributed by atoms with Gasteiger partial charge in [0, 0.05) is 38.3 Å². The van der Waals surface area contributed by atoms with E-state index in [-0.39, 0.29) is 5.91 Å². The molecule has 142 valence electrons. The molecule has 26 heavy (non-hydrogen) atoms. The number of carbonyl (C=O) groups is 1. The standard InChI is InChI=1S/C21H31N3O2/c1-2-3-6-13-20(25)24-14-9-10-17(16-24)15-19-22-21(23-26-19)18-11-7-4-5-8-12-18/h1,17-18H,3-16H2. The van der Waals surface area contributed by atoms with E-state index < -0.39 is 0 Å².